The lowest BCUT2D eigenvalue weighted by Crippen LogP contribution is -2.63. The van der Waals surface area contributed by atoms with Crippen LogP contribution in [0.3, 0.4) is 0 Å². The monoisotopic (exact) mass is 859 g/mol. The SMILES string of the molecule is CC(=O)CC[C@@H](C(=O)N[C@H](C(=O)NC(Cc1cc(O)cc(F)c1)C(=O)N1CCCC(C(=O)[O-])N1)C(C)C)[C@H](O)[C@@H](C)C/C=C/C=C/CC/C(C)=C/C=C/C(=O)Oc1ccccc1. The molecule has 1 heterocycles. The molecule has 0 saturated carbocycles. The van der Waals surface area contributed by atoms with Crippen LogP contribution in [0.5, 0.6) is 11.5 Å². The van der Waals surface area contributed by atoms with Gasteiger partial charge in [0.2, 0.25) is 11.8 Å². The zero-order valence-corrected chi connectivity index (χ0v) is 36.1. The first-order valence-corrected chi connectivity index (χ1v) is 20.9. The number of aliphatic hydroxyl groups is 1. The van der Waals surface area contributed by atoms with E-state index in [1.165, 1.54) is 19.1 Å². The van der Waals surface area contributed by atoms with Crippen LogP contribution in [0.2, 0.25) is 0 Å². The summed E-state index contributed by atoms with van der Waals surface area (Å²) in [5.74, 6) is -6.96. The summed E-state index contributed by atoms with van der Waals surface area (Å²) < 4.78 is 19.5. The maximum atomic E-state index is 14.2. The molecule has 0 aliphatic carbocycles. The number of ketones is 1. The fourth-order valence-electron chi connectivity index (χ4n) is 6.77. The number of amides is 3. The number of nitrogens with one attached hydrogen (secondary N) is 3. The molecule has 3 rings (SSSR count). The highest BCUT2D eigenvalue weighted by molar-refractivity contribution is 5.93. The highest BCUT2D eigenvalue weighted by atomic mass is 19.1. The quantitative estimate of drug-likeness (QED) is 0.0460. The first-order valence-electron chi connectivity index (χ1n) is 20.9. The molecule has 1 aliphatic heterocycles. The fourth-order valence-corrected chi connectivity index (χ4v) is 6.77. The van der Waals surface area contributed by atoms with Gasteiger partial charge in [-0.25, -0.2) is 14.6 Å². The van der Waals surface area contributed by atoms with E-state index < -0.39 is 83.2 Å². The predicted molar refractivity (Wildman–Crippen MR) is 229 cm³/mol. The number of halogens is 1. The summed E-state index contributed by atoms with van der Waals surface area (Å²) in [7, 11) is 0. The number of ether oxygens (including phenoxy) is 1. The number of rotatable bonds is 23. The molecule has 3 amide bonds. The van der Waals surface area contributed by atoms with Crippen LogP contribution in [0.1, 0.15) is 85.1 Å². The van der Waals surface area contributed by atoms with Crippen molar-refractivity contribution in [3.8, 4) is 11.5 Å². The largest absolute Gasteiger partial charge is 0.548 e. The number of Topliss-reactive ketones (excluding diaryl/α,β-unsaturated/α-hetero) is 1. The van der Waals surface area contributed by atoms with Crippen LogP contribution in [-0.4, -0.2) is 81.4 Å². The molecule has 0 bridgehead atoms. The molecule has 62 heavy (non-hydrogen) atoms. The number of aromatic hydroxyl groups is 1. The molecule has 2 aromatic carbocycles. The molecule has 5 N–H and O–H groups in total. The Balaban J connectivity index is 1.64. The lowest BCUT2D eigenvalue weighted by atomic mass is 9.85. The molecule has 1 aliphatic rings. The van der Waals surface area contributed by atoms with Crippen LogP contribution in [0.4, 0.5) is 4.39 Å². The van der Waals surface area contributed by atoms with Gasteiger partial charge in [-0.05, 0) is 94.0 Å². The highest BCUT2D eigenvalue weighted by Gasteiger charge is 2.36. The number of hydrogen-bond acceptors (Lipinski definition) is 11. The third kappa shape index (κ3) is 17.6. The topological polar surface area (TPSA) is 214 Å². The van der Waals surface area contributed by atoms with Gasteiger partial charge in [0, 0.05) is 31.5 Å². The number of para-hydroxylation sites is 1. The number of hydrazine groups is 1. The lowest BCUT2D eigenvalue weighted by Gasteiger charge is -2.37. The van der Waals surface area contributed by atoms with E-state index in [9.17, 15) is 48.5 Å². The third-order valence-electron chi connectivity index (χ3n) is 10.3. The summed E-state index contributed by atoms with van der Waals surface area (Å²) in [4.78, 5) is 77.2. The van der Waals surface area contributed by atoms with E-state index in [0.29, 0.717) is 18.6 Å². The molecule has 14 nitrogen and oxygen atoms in total. The van der Waals surface area contributed by atoms with Crippen molar-refractivity contribution in [1.29, 1.82) is 0 Å². The Bertz CT molecular complexity index is 1940. The third-order valence-corrected chi connectivity index (χ3v) is 10.3. The maximum absolute atomic E-state index is 14.2. The molecule has 2 unspecified atom stereocenters. The summed E-state index contributed by atoms with van der Waals surface area (Å²) >= 11 is 0. The molecular weight excluding hydrogens is 800 g/mol. The number of aliphatic hydroxyl groups excluding tert-OH is 1. The average molecular weight is 860 g/mol. The van der Waals surface area contributed by atoms with Crippen LogP contribution < -0.4 is 25.9 Å². The molecule has 0 aromatic heterocycles. The number of esters is 1. The minimum atomic E-state index is -1.41. The number of hydrogen-bond donors (Lipinski definition) is 5. The second-order valence-corrected chi connectivity index (χ2v) is 16.0. The van der Waals surface area contributed by atoms with Gasteiger partial charge in [-0.15, -0.1) is 0 Å². The van der Waals surface area contributed by atoms with E-state index in [0.717, 1.165) is 35.6 Å². The first kappa shape index (κ1) is 50.4. The van der Waals surface area contributed by atoms with Crippen molar-refractivity contribution in [2.75, 3.05) is 6.54 Å². The first-order chi connectivity index (χ1) is 29.4. The van der Waals surface area contributed by atoms with Crippen molar-refractivity contribution in [3.05, 3.63) is 108 Å². The van der Waals surface area contributed by atoms with Crippen LogP contribution in [0.25, 0.3) is 0 Å². The number of carboxylic acid groups (broad SMARTS) is 1. The van der Waals surface area contributed by atoms with E-state index >= 15 is 0 Å². The van der Waals surface area contributed by atoms with Crippen molar-refractivity contribution < 1.29 is 53.2 Å². The standard InChI is InChI=1S/C47H61FN4O10/c1-30(2)42(45(58)49-40(28-34-26-35(48)29-36(54)27-34)46(59)52-25-15-21-39(51-52)47(60)61)50-44(57)38(24-23-33(5)53)43(56)32(4)18-11-8-6-7-10-16-31(3)17-14-22-41(55)62-37-19-12-9-13-20-37/h6-9,11-14,17,19-20,22,26-27,29-30,32,38-40,42-43,51,54,56H,10,15-16,18,21,23-25,28H2,1-5H3,(H,49,58)(H,50,57)(H,60,61)/p-1/b7-6+,11-8+,22-14+,31-17+/t32-,38+,39?,40?,42-,43+/m0/s1. The van der Waals surface area contributed by atoms with Gasteiger partial charge in [0.25, 0.3) is 5.91 Å². The maximum Gasteiger partial charge on any atom is 0.336 e. The fraction of sp³-hybridized carbons (Fsp3) is 0.447. The van der Waals surface area contributed by atoms with Gasteiger partial charge >= 0.3 is 5.97 Å². The molecule has 0 spiro atoms. The number of aliphatic carboxylic acids is 1. The Morgan fingerprint density at radius 2 is 1.68 bits per heavy atom. The summed E-state index contributed by atoms with van der Waals surface area (Å²) in [6.45, 7) is 8.57. The molecular formula is C47H60FN4O10-. The van der Waals surface area contributed by atoms with Gasteiger partial charge < -0.3 is 40.3 Å². The second-order valence-electron chi connectivity index (χ2n) is 16.0. The Morgan fingerprint density at radius 3 is 2.34 bits per heavy atom. The number of phenolic OH excluding ortho intramolecular Hbond substituents is 1. The smallest absolute Gasteiger partial charge is 0.336 e. The zero-order valence-electron chi connectivity index (χ0n) is 36.1. The van der Waals surface area contributed by atoms with Gasteiger partial charge in [0.15, 0.2) is 0 Å². The van der Waals surface area contributed by atoms with Crippen LogP contribution in [0, 0.1) is 23.6 Å². The van der Waals surface area contributed by atoms with Crippen molar-refractivity contribution in [1.82, 2.24) is 21.1 Å². The zero-order chi connectivity index (χ0) is 45.8. The number of carboxylic acids is 1. The number of nitrogens with zero attached hydrogens (tertiary/aromatic N) is 1. The van der Waals surface area contributed by atoms with Crippen LogP contribution >= 0.6 is 0 Å². The van der Waals surface area contributed by atoms with E-state index in [-0.39, 0.29) is 43.6 Å². The summed E-state index contributed by atoms with van der Waals surface area (Å²) in [5, 5.41) is 39.4. The summed E-state index contributed by atoms with van der Waals surface area (Å²) in [6, 6.07) is 8.24. The molecule has 2 aromatic rings. The molecule has 1 saturated heterocycles. The average Bonchev–Trinajstić information content (AvgIpc) is 3.21. The Kier molecular flexibility index (Phi) is 20.9. The Morgan fingerprint density at radius 1 is 0.968 bits per heavy atom. The van der Waals surface area contributed by atoms with Crippen molar-refractivity contribution in [2.24, 2.45) is 17.8 Å². The van der Waals surface area contributed by atoms with E-state index in [1.54, 1.807) is 51.1 Å². The summed E-state index contributed by atoms with van der Waals surface area (Å²) in [5.41, 5.74) is 3.83. The van der Waals surface area contributed by atoms with Crippen molar-refractivity contribution in [3.63, 3.8) is 0 Å². The van der Waals surface area contributed by atoms with Gasteiger partial charge in [-0.1, -0.05) is 81.0 Å². The van der Waals surface area contributed by atoms with E-state index in [2.05, 4.69) is 16.1 Å². The Labute approximate surface area is 363 Å². The molecule has 1 fully saturated rings. The lowest BCUT2D eigenvalue weighted by molar-refractivity contribution is -0.310. The van der Waals surface area contributed by atoms with Gasteiger partial charge in [-0.3, -0.25) is 19.4 Å². The second kappa shape index (κ2) is 25.8. The van der Waals surface area contributed by atoms with Crippen molar-refractivity contribution in [2.45, 2.75) is 110 Å². The molecule has 6 atom stereocenters. The summed E-state index contributed by atoms with van der Waals surface area (Å²) in [6.07, 6.45) is 13.4. The number of carbonyl (C=O) groups excluding carboxylic acids is 6. The molecule has 336 valence electrons. The number of carbonyl (C=O) groups is 6. The predicted octanol–water partition coefficient (Wildman–Crippen LogP) is 4.32. The molecule has 15 heteroatoms. The van der Waals surface area contributed by atoms with Crippen LogP contribution in [0.15, 0.2) is 96.6 Å². The minimum absolute atomic E-state index is 0.00710. The highest BCUT2D eigenvalue weighted by Crippen LogP contribution is 2.23. The van der Waals surface area contributed by atoms with Gasteiger partial charge in [0.05, 0.1) is 24.0 Å². The van der Waals surface area contributed by atoms with Gasteiger partial charge in [-0.2, -0.15) is 0 Å². The van der Waals surface area contributed by atoms with Crippen LogP contribution in [-0.2, 0) is 35.2 Å². The van der Waals surface area contributed by atoms with Gasteiger partial charge in [0.1, 0.15) is 35.2 Å². The Hall–Kier alpha value is -5.93. The number of benzene rings is 2. The molecule has 0 radical (unpaired) electrons. The van der Waals surface area contributed by atoms with E-state index in [1.807, 2.05) is 43.4 Å². The number of phenols is 1. The number of allylic oxidation sites excluding steroid dienone is 7. The van der Waals surface area contributed by atoms with Crippen molar-refractivity contribution >= 4 is 35.4 Å². The van der Waals surface area contributed by atoms with E-state index in [4.69, 9.17) is 4.74 Å². The normalized spacial score (nSPS) is 17.1. The minimum Gasteiger partial charge on any atom is -0.548 e.